The molecule has 2 aromatic carbocycles. The zero-order chi connectivity index (χ0) is 21.8. The quantitative estimate of drug-likeness (QED) is 0.496. The summed E-state index contributed by atoms with van der Waals surface area (Å²) in [5.41, 5.74) is 7.78. The van der Waals surface area contributed by atoms with Crippen molar-refractivity contribution in [3.05, 3.63) is 72.3 Å². The molecule has 0 radical (unpaired) electrons. The number of carbonyl (C=O) groups excluding carboxylic acids is 2. The molecule has 160 valence electrons. The molecule has 0 saturated heterocycles. The molecule has 0 heterocycles. The highest BCUT2D eigenvalue weighted by Gasteiger charge is 2.16. The van der Waals surface area contributed by atoms with E-state index in [1.54, 1.807) is 37.5 Å². The van der Waals surface area contributed by atoms with E-state index < -0.39 is 6.04 Å². The molecule has 2 unspecified atom stereocenters. The van der Waals surface area contributed by atoms with E-state index >= 15 is 0 Å². The zero-order valence-corrected chi connectivity index (χ0v) is 17.6. The summed E-state index contributed by atoms with van der Waals surface area (Å²) >= 11 is 0. The fourth-order valence-electron chi connectivity index (χ4n) is 2.98. The summed E-state index contributed by atoms with van der Waals surface area (Å²) in [6.45, 7) is 1.99. The van der Waals surface area contributed by atoms with Crippen molar-refractivity contribution in [2.75, 3.05) is 12.4 Å². The molecule has 0 spiro atoms. The minimum Gasteiger partial charge on any atom is -0.497 e. The second-order valence-corrected chi connectivity index (χ2v) is 7.11. The molecule has 4 N–H and O–H groups in total. The van der Waals surface area contributed by atoms with Crippen LogP contribution < -0.4 is 21.1 Å². The topological polar surface area (TPSA) is 93.5 Å². The van der Waals surface area contributed by atoms with Gasteiger partial charge in [-0.2, -0.15) is 0 Å². The summed E-state index contributed by atoms with van der Waals surface area (Å²) in [5.74, 6) is 0.253. The van der Waals surface area contributed by atoms with Gasteiger partial charge in [-0.1, -0.05) is 49.8 Å². The number of amides is 2. The average Bonchev–Trinajstić information content (AvgIpc) is 2.77. The van der Waals surface area contributed by atoms with Gasteiger partial charge in [0.2, 0.25) is 11.8 Å². The van der Waals surface area contributed by atoms with Gasteiger partial charge in [-0.15, -0.1) is 0 Å². The molecule has 6 heteroatoms. The molecule has 6 nitrogen and oxygen atoms in total. The number of rotatable bonds is 11. The van der Waals surface area contributed by atoms with Gasteiger partial charge in [0.15, 0.2) is 0 Å². The Bertz CT molecular complexity index is 819. The third kappa shape index (κ3) is 8.09. The van der Waals surface area contributed by atoms with Crippen LogP contribution in [-0.4, -0.2) is 31.0 Å². The molecule has 0 aliphatic heterocycles. The molecule has 30 heavy (non-hydrogen) atoms. The first kappa shape index (κ1) is 23.2. The third-order valence-electron chi connectivity index (χ3n) is 4.69. The van der Waals surface area contributed by atoms with E-state index in [-0.39, 0.29) is 17.9 Å². The highest BCUT2D eigenvalue weighted by atomic mass is 16.5. The Hall–Kier alpha value is -3.12. The van der Waals surface area contributed by atoms with E-state index in [4.69, 9.17) is 10.5 Å². The van der Waals surface area contributed by atoms with E-state index in [0.717, 1.165) is 18.6 Å². The predicted molar refractivity (Wildman–Crippen MR) is 120 cm³/mol. The maximum atomic E-state index is 12.4. The van der Waals surface area contributed by atoms with Crippen LogP contribution in [0.3, 0.4) is 0 Å². The molecule has 0 aliphatic rings. The highest BCUT2D eigenvalue weighted by molar-refractivity contribution is 5.99. The van der Waals surface area contributed by atoms with Gasteiger partial charge in [-0.3, -0.25) is 9.59 Å². The summed E-state index contributed by atoms with van der Waals surface area (Å²) in [7, 11) is 1.59. The van der Waals surface area contributed by atoms with Crippen LogP contribution in [0, 0.1) is 0 Å². The number of nitrogens with one attached hydrogen (secondary N) is 2. The van der Waals surface area contributed by atoms with Crippen LogP contribution in [0.5, 0.6) is 5.75 Å². The normalized spacial score (nSPS) is 12.9. The van der Waals surface area contributed by atoms with Gasteiger partial charge in [0, 0.05) is 17.8 Å². The fourth-order valence-corrected chi connectivity index (χ4v) is 2.98. The largest absolute Gasteiger partial charge is 0.497 e. The number of hydrogen-bond acceptors (Lipinski definition) is 4. The number of hydrogen-bond donors (Lipinski definition) is 3. The van der Waals surface area contributed by atoms with E-state index in [1.165, 1.54) is 11.6 Å². The summed E-state index contributed by atoms with van der Waals surface area (Å²) in [5, 5.41) is 5.76. The Kier molecular flexibility index (Phi) is 9.61. The van der Waals surface area contributed by atoms with Crippen molar-refractivity contribution >= 4 is 17.5 Å². The van der Waals surface area contributed by atoms with Crippen molar-refractivity contribution in [1.82, 2.24) is 5.32 Å². The van der Waals surface area contributed by atoms with E-state index in [0.29, 0.717) is 18.5 Å². The Balaban J connectivity index is 1.99. The summed E-state index contributed by atoms with van der Waals surface area (Å²) < 4.78 is 5.11. The standard InChI is InChI=1S/C24H31N3O3/c1-3-7-22(25)24(29)27-20(11-10-18-8-5-4-6-9-18)14-17-23(28)26-19-12-15-21(30-2)16-13-19/h4-6,8-9,12-17,20,22H,3,7,10-11,25H2,1-2H3,(H,26,28)(H,27,29). The summed E-state index contributed by atoms with van der Waals surface area (Å²) in [4.78, 5) is 24.7. The number of anilines is 1. The van der Waals surface area contributed by atoms with Crippen LogP contribution in [0.25, 0.3) is 0 Å². The molecule has 2 rings (SSSR count). The first-order valence-corrected chi connectivity index (χ1v) is 10.2. The number of benzene rings is 2. The van der Waals surface area contributed by atoms with Crippen molar-refractivity contribution in [1.29, 1.82) is 0 Å². The summed E-state index contributed by atoms with van der Waals surface area (Å²) in [6, 6.07) is 16.3. The smallest absolute Gasteiger partial charge is 0.248 e. The van der Waals surface area contributed by atoms with Crippen molar-refractivity contribution in [2.45, 2.75) is 44.7 Å². The molecule has 2 atom stereocenters. The Morgan fingerprint density at radius 3 is 2.40 bits per heavy atom. The molecule has 2 amide bonds. The van der Waals surface area contributed by atoms with Crippen molar-refractivity contribution < 1.29 is 14.3 Å². The molecule has 2 aromatic rings. The minimum absolute atomic E-state index is 0.199. The first-order valence-electron chi connectivity index (χ1n) is 10.2. The minimum atomic E-state index is -0.546. The van der Waals surface area contributed by atoms with Crippen molar-refractivity contribution in [3.63, 3.8) is 0 Å². The van der Waals surface area contributed by atoms with Gasteiger partial charge >= 0.3 is 0 Å². The number of aryl methyl sites for hydroxylation is 1. The third-order valence-corrected chi connectivity index (χ3v) is 4.69. The van der Waals surface area contributed by atoms with E-state index in [9.17, 15) is 9.59 Å². The van der Waals surface area contributed by atoms with Gasteiger partial charge in [0.05, 0.1) is 13.2 Å². The monoisotopic (exact) mass is 409 g/mol. The van der Waals surface area contributed by atoms with E-state index in [2.05, 4.69) is 10.6 Å². The zero-order valence-electron chi connectivity index (χ0n) is 17.6. The van der Waals surface area contributed by atoms with Gasteiger partial charge in [0.25, 0.3) is 0 Å². The van der Waals surface area contributed by atoms with E-state index in [1.807, 2.05) is 37.3 Å². The van der Waals surface area contributed by atoms with Crippen LogP contribution in [0.2, 0.25) is 0 Å². The molecular formula is C24H31N3O3. The molecule has 0 bridgehead atoms. The maximum absolute atomic E-state index is 12.4. The Morgan fingerprint density at radius 1 is 1.07 bits per heavy atom. The molecule has 0 saturated carbocycles. The lowest BCUT2D eigenvalue weighted by Gasteiger charge is -2.18. The average molecular weight is 410 g/mol. The maximum Gasteiger partial charge on any atom is 0.248 e. The molecular weight excluding hydrogens is 378 g/mol. The van der Waals surface area contributed by atoms with Crippen LogP contribution >= 0.6 is 0 Å². The Morgan fingerprint density at radius 2 is 1.77 bits per heavy atom. The number of methoxy groups -OCH3 is 1. The van der Waals surface area contributed by atoms with Gasteiger partial charge in [-0.05, 0) is 49.1 Å². The fraction of sp³-hybridized carbons (Fsp3) is 0.333. The lowest BCUT2D eigenvalue weighted by Crippen LogP contribution is -2.45. The van der Waals surface area contributed by atoms with Crippen molar-refractivity contribution in [2.24, 2.45) is 5.73 Å². The molecule has 0 aromatic heterocycles. The number of carbonyl (C=O) groups is 2. The van der Waals surface area contributed by atoms with Gasteiger partial charge in [-0.25, -0.2) is 0 Å². The van der Waals surface area contributed by atoms with Crippen LogP contribution in [0.1, 0.15) is 31.7 Å². The SMILES string of the molecule is CCCC(N)C(=O)NC(C=CC(=O)Nc1ccc(OC)cc1)CCc1ccccc1. The number of ether oxygens (including phenoxy) is 1. The Labute approximate surface area is 178 Å². The first-order chi connectivity index (χ1) is 14.5. The van der Waals surface area contributed by atoms with Crippen LogP contribution in [0.4, 0.5) is 5.69 Å². The van der Waals surface area contributed by atoms with Crippen molar-refractivity contribution in [3.8, 4) is 5.75 Å². The summed E-state index contributed by atoms with van der Waals surface area (Å²) in [6.07, 6.45) is 6.08. The highest BCUT2D eigenvalue weighted by Crippen LogP contribution is 2.15. The number of nitrogens with two attached hydrogens (primary N) is 1. The molecule has 0 fully saturated rings. The lowest BCUT2D eigenvalue weighted by molar-refractivity contribution is -0.123. The van der Waals surface area contributed by atoms with Crippen LogP contribution in [-0.2, 0) is 16.0 Å². The second kappa shape index (κ2) is 12.4. The predicted octanol–water partition coefficient (Wildman–Crippen LogP) is 3.43. The molecule has 0 aliphatic carbocycles. The lowest BCUT2D eigenvalue weighted by atomic mass is 10.0. The van der Waals surface area contributed by atoms with Gasteiger partial charge in [0.1, 0.15) is 5.75 Å². The van der Waals surface area contributed by atoms with Crippen LogP contribution in [0.15, 0.2) is 66.7 Å². The van der Waals surface area contributed by atoms with Gasteiger partial charge < -0.3 is 21.1 Å². The second-order valence-electron chi connectivity index (χ2n) is 7.11.